The predicted octanol–water partition coefficient (Wildman–Crippen LogP) is 2.47. The van der Waals surface area contributed by atoms with E-state index in [2.05, 4.69) is 24.8 Å². The van der Waals surface area contributed by atoms with Crippen molar-refractivity contribution in [1.82, 2.24) is 24.8 Å². The Labute approximate surface area is 155 Å². The summed E-state index contributed by atoms with van der Waals surface area (Å²) in [6.07, 6.45) is 5.25. The average Bonchev–Trinajstić information content (AvgIpc) is 3.19. The number of nitrogens with one attached hydrogen (secondary N) is 1. The van der Waals surface area contributed by atoms with E-state index < -0.39 is 0 Å². The van der Waals surface area contributed by atoms with E-state index >= 15 is 0 Å². The number of aromatic nitrogens is 4. The SMILES string of the molecule is O=C(c1cc2ccc3cccnc3c2[nH]1)N1CCN(c2ncccn2)CC1. The summed E-state index contributed by atoms with van der Waals surface area (Å²) in [5.41, 5.74) is 2.40. The number of pyridine rings is 1. The highest BCUT2D eigenvalue weighted by molar-refractivity contribution is 6.07. The molecule has 3 aromatic heterocycles. The van der Waals surface area contributed by atoms with E-state index in [0.29, 0.717) is 24.7 Å². The molecule has 4 aromatic rings. The van der Waals surface area contributed by atoms with Gasteiger partial charge in [-0.15, -0.1) is 0 Å². The largest absolute Gasteiger partial charge is 0.349 e. The van der Waals surface area contributed by atoms with Gasteiger partial charge >= 0.3 is 0 Å². The summed E-state index contributed by atoms with van der Waals surface area (Å²) in [5.74, 6) is 0.733. The van der Waals surface area contributed by atoms with Gasteiger partial charge < -0.3 is 14.8 Å². The second kappa shape index (κ2) is 6.35. The average molecular weight is 358 g/mol. The number of carbonyl (C=O) groups is 1. The summed E-state index contributed by atoms with van der Waals surface area (Å²) < 4.78 is 0. The van der Waals surface area contributed by atoms with Gasteiger partial charge in [-0.3, -0.25) is 9.78 Å². The fraction of sp³-hybridized carbons (Fsp3) is 0.200. The maximum absolute atomic E-state index is 13.0. The number of piperazine rings is 1. The van der Waals surface area contributed by atoms with Crippen LogP contribution >= 0.6 is 0 Å². The molecule has 0 atom stereocenters. The van der Waals surface area contributed by atoms with E-state index in [0.717, 1.165) is 34.9 Å². The molecule has 0 radical (unpaired) electrons. The number of nitrogens with zero attached hydrogens (tertiary/aromatic N) is 5. The molecule has 1 fully saturated rings. The normalized spacial score (nSPS) is 14.8. The number of anilines is 1. The second-order valence-corrected chi connectivity index (χ2v) is 6.62. The van der Waals surface area contributed by atoms with Crippen LogP contribution in [0.5, 0.6) is 0 Å². The molecule has 1 aromatic carbocycles. The van der Waals surface area contributed by atoms with Crippen LogP contribution in [0.3, 0.4) is 0 Å². The first-order chi connectivity index (χ1) is 13.3. The van der Waals surface area contributed by atoms with Crippen LogP contribution in [-0.4, -0.2) is 56.9 Å². The van der Waals surface area contributed by atoms with Crippen molar-refractivity contribution in [1.29, 1.82) is 0 Å². The fourth-order valence-corrected chi connectivity index (χ4v) is 3.59. The zero-order valence-corrected chi connectivity index (χ0v) is 14.7. The van der Waals surface area contributed by atoms with Crippen LogP contribution in [0.15, 0.2) is 55.0 Å². The molecule has 0 bridgehead atoms. The van der Waals surface area contributed by atoms with E-state index in [1.165, 1.54) is 0 Å². The van der Waals surface area contributed by atoms with Crippen molar-refractivity contribution in [3.05, 3.63) is 60.7 Å². The maximum Gasteiger partial charge on any atom is 0.270 e. The minimum Gasteiger partial charge on any atom is -0.349 e. The molecule has 1 aliphatic heterocycles. The van der Waals surface area contributed by atoms with Crippen LogP contribution in [0.25, 0.3) is 21.8 Å². The molecule has 1 N–H and O–H groups in total. The molecule has 7 heteroatoms. The first-order valence-electron chi connectivity index (χ1n) is 8.97. The molecule has 5 rings (SSSR count). The molecule has 4 heterocycles. The minimum absolute atomic E-state index is 0.0175. The zero-order chi connectivity index (χ0) is 18.2. The highest BCUT2D eigenvalue weighted by atomic mass is 16.2. The molecule has 1 saturated heterocycles. The van der Waals surface area contributed by atoms with Crippen LogP contribution in [-0.2, 0) is 0 Å². The summed E-state index contributed by atoms with van der Waals surface area (Å²) in [5, 5.41) is 2.06. The number of fused-ring (bicyclic) bond motifs is 3. The van der Waals surface area contributed by atoms with Crippen molar-refractivity contribution in [2.45, 2.75) is 0 Å². The Morgan fingerprint density at radius 1 is 0.889 bits per heavy atom. The van der Waals surface area contributed by atoms with Crippen LogP contribution in [0.2, 0.25) is 0 Å². The summed E-state index contributed by atoms with van der Waals surface area (Å²) in [6, 6.07) is 11.7. The molecule has 1 amide bonds. The van der Waals surface area contributed by atoms with Crippen molar-refractivity contribution in [3.63, 3.8) is 0 Å². The Morgan fingerprint density at radius 2 is 1.63 bits per heavy atom. The lowest BCUT2D eigenvalue weighted by molar-refractivity contribution is 0.0741. The molecular weight excluding hydrogens is 340 g/mol. The minimum atomic E-state index is 0.0175. The Kier molecular flexibility index (Phi) is 3.71. The molecule has 0 unspecified atom stereocenters. The Bertz CT molecular complexity index is 1120. The lowest BCUT2D eigenvalue weighted by Crippen LogP contribution is -2.49. The molecule has 7 nitrogen and oxygen atoms in total. The Balaban J connectivity index is 1.38. The van der Waals surface area contributed by atoms with E-state index in [1.807, 2.05) is 35.2 Å². The van der Waals surface area contributed by atoms with Gasteiger partial charge in [0.1, 0.15) is 5.69 Å². The second-order valence-electron chi connectivity index (χ2n) is 6.62. The van der Waals surface area contributed by atoms with Crippen LogP contribution < -0.4 is 4.90 Å². The van der Waals surface area contributed by atoms with Crippen LogP contribution in [0.4, 0.5) is 5.95 Å². The third kappa shape index (κ3) is 2.77. The van der Waals surface area contributed by atoms with E-state index in [9.17, 15) is 4.79 Å². The highest BCUT2D eigenvalue weighted by Crippen LogP contribution is 2.24. The van der Waals surface area contributed by atoms with Gasteiger partial charge in [0.25, 0.3) is 5.91 Å². The Hall–Kier alpha value is -3.48. The number of hydrogen-bond donors (Lipinski definition) is 1. The number of amides is 1. The maximum atomic E-state index is 13.0. The monoisotopic (exact) mass is 358 g/mol. The molecule has 27 heavy (non-hydrogen) atoms. The third-order valence-electron chi connectivity index (χ3n) is 5.00. The first kappa shape index (κ1) is 15.7. The lowest BCUT2D eigenvalue weighted by atomic mass is 10.1. The Morgan fingerprint density at radius 3 is 2.44 bits per heavy atom. The number of hydrogen-bond acceptors (Lipinski definition) is 5. The van der Waals surface area contributed by atoms with Crippen molar-refractivity contribution < 1.29 is 4.79 Å². The lowest BCUT2D eigenvalue weighted by Gasteiger charge is -2.34. The third-order valence-corrected chi connectivity index (χ3v) is 5.00. The smallest absolute Gasteiger partial charge is 0.270 e. The van der Waals surface area contributed by atoms with Gasteiger partial charge in [0.05, 0.1) is 11.0 Å². The molecule has 0 aliphatic carbocycles. The van der Waals surface area contributed by atoms with E-state index in [-0.39, 0.29) is 5.91 Å². The first-order valence-corrected chi connectivity index (χ1v) is 8.97. The van der Waals surface area contributed by atoms with Gasteiger partial charge in [0.15, 0.2) is 0 Å². The topological polar surface area (TPSA) is 78.0 Å². The van der Waals surface area contributed by atoms with Gasteiger partial charge in [-0.2, -0.15) is 0 Å². The number of aromatic amines is 1. The van der Waals surface area contributed by atoms with E-state index in [4.69, 9.17) is 0 Å². The van der Waals surface area contributed by atoms with Gasteiger partial charge in [0, 0.05) is 55.5 Å². The fourth-order valence-electron chi connectivity index (χ4n) is 3.59. The van der Waals surface area contributed by atoms with Crippen LogP contribution in [0, 0.1) is 0 Å². The van der Waals surface area contributed by atoms with E-state index in [1.54, 1.807) is 24.7 Å². The number of benzene rings is 1. The summed E-state index contributed by atoms with van der Waals surface area (Å²) >= 11 is 0. The van der Waals surface area contributed by atoms with Crippen molar-refractivity contribution in [3.8, 4) is 0 Å². The molecular formula is C20H18N6O. The number of rotatable bonds is 2. The van der Waals surface area contributed by atoms with Gasteiger partial charge in [-0.25, -0.2) is 9.97 Å². The summed E-state index contributed by atoms with van der Waals surface area (Å²) in [7, 11) is 0. The standard InChI is InChI=1S/C20H18N6O/c27-19(25-9-11-26(12-10-25)20-22-7-2-8-23-20)16-13-15-5-4-14-3-1-6-21-17(14)18(15)24-16/h1-8,13,24H,9-12H2. The highest BCUT2D eigenvalue weighted by Gasteiger charge is 2.24. The quantitative estimate of drug-likeness (QED) is 0.596. The molecule has 0 spiro atoms. The van der Waals surface area contributed by atoms with Gasteiger partial charge in [0.2, 0.25) is 5.95 Å². The molecule has 1 aliphatic rings. The van der Waals surface area contributed by atoms with Crippen molar-refractivity contribution >= 4 is 33.7 Å². The molecule has 134 valence electrons. The predicted molar refractivity (Wildman–Crippen MR) is 104 cm³/mol. The summed E-state index contributed by atoms with van der Waals surface area (Å²) in [6.45, 7) is 2.73. The summed E-state index contributed by atoms with van der Waals surface area (Å²) in [4.78, 5) is 33.3. The van der Waals surface area contributed by atoms with Crippen LogP contribution in [0.1, 0.15) is 10.5 Å². The van der Waals surface area contributed by atoms with Gasteiger partial charge in [-0.05, 0) is 18.2 Å². The zero-order valence-electron chi connectivity index (χ0n) is 14.7. The van der Waals surface area contributed by atoms with Crippen molar-refractivity contribution in [2.75, 3.05) is 31.1 Å². The number of carbonyl (C=O) groups excluding carboxylic acids is 1. The van der Waals surface area contributed by atoms with Crippen molar-refractivity contribution in [2.24, 2.45) is 0 Å². The van der Waals surface area contributed by atoms with Gasteiger partial charge in [-0.1, -0.05) is 18.2 Å². The number of H-pyrrole nitrogens is 1. The molecule has 0 saturated carbocycles.